The van der Waals surface area contributed by atoms with E-state index in [9.17, 15) is 5.11 Å². The molecule has 4 atom stereocenters. The molecule has 0 aromatic heterocycles. The van der Waals surface area contributed by atoms with Crippen molar-refractivity contribution >= 4 is 0 Å². The lowest BCUT2D eigenvalue weighted by Crippen LogP contribution is -2.35. The summed E-state index contributed by atoms with van der Waals surface area (Å²) in [5, 5.41) is 13.3. The number of para-hydroxylation sites is 1. The third kappa shape index (κ3) is 3.64. The minimum Gasteiger partial charge on any atom is -0.491 e. The molecule has 2 aliphatic carbocycles. The van der Waals surface area contributed by atoms with E-state index >= 15 is 0 Å². The average molecular weight is 303 g/mol. The molecule has 3 nitrogen and oxygen atoms in total. The van der Waals surface area contributed by atoms with E-state index in [-0.39, 0.29) is 0 Å². The van der Waals surface area contributed by atoms with Crippen LogP contribution in [-0.2, 0) is 0 Å². The Bertz CT molecular complexity index is 488. The number of aliphatic hydroxyl groups is 1. The second-order valence-electron chi connectivity index (χ2n) is 7.35. The fraction of sp³-hybridized carbons (Fsp3) is 0.684. The van der Waals surface area contributed by atoms with Gasteiger partial charge >= 0.3 is 0 Å². The van der Waals surface area contributed by atoms with E-state index in [1.165, 1.54) is 31.2 Å². The van der Waals surface area contributed by atoms with Gasteiger partial charge in [-0.1, -0.05) is 38.5 Å². The van der Waals surface area contributed by atoms with Gasteiger partial charge in [-0.2, -0.15) is 0 Å². The zero-order valence-electron chi connectivity index (χ0n) is 13.8. The third-order valence-corrected chi connectivity index (χ3v) is 5.25. The number of aliphatic hydroxyl groups excluding tert-OH is 1. The highest BCUT2D eigenvalue weighted by Gasteiger charge is 2.41. The number of hydrogen-bond acceptors (Lipinski definition) is 3. The maximum absolute atomic E-state index is 10.0. The molecule has 2 aliphatic rings. The van der Waals surface area contributed by atoms with Crippen molar-refractivity contribution < 1.29 is 9.84 Å². The maximum Gasteiger partial charge on any atom is 0.122 e. The predicted octanol–water partition coefficient (Wildman–Crippen LogP) is 3.33. The first kappa shape index (κ1) is 15.8. The molecule has 2 bridgehead atoms. The molecular weight excluding hydrogens is 274 g/mol. The summed E-state index contributed by atoms with van der Waals surface area (Å²) in [6.07, 6.45) is 5.06. The van der Waals surface area contributed by atoms with E-state index in [1.54, 1.807) is 0 Å². The van der Waals surface area contributed by atoms with Crippen LogP contribution in [0.3, 0.4) is 0 Å². The van der Waals surface area contributed by atoms with Crippen LogP contribution < -0.4 is 10.1 Å². The summed E-state index contributed by atoms with van der Waals surface area (Å²) in [6.45, 7) is 5.10. The van der Waals surface area contributed by atoms with E-state index < -0.39 is 6.10 Å². The molecule has 2 saturated carbocycles. The average Bonchev–Trinajstić information content (AvgIpc) is 3.14. The van der Waals surface area contributed by atoms with Crippen LogP contribution in [0.1, 0.15) is 51.0 Å². The summed E-state index contributed by atoms with van der Waals surface area (Å²) in [7, 11) is 0. The Morgan fingerprint density at radius 3 is 2.73 bits per heavy atom. The molecule has 22 heavy (non-hydrogen) atoms. The molecular formula is C19H29NO2. The van der Waals surface area contributed by atoms with Gasteiger partial charge in [0.2, 0.25) is 0 Å². The molecule has 3 heteroatoms. The standard InChI is InChI=1S/C19H29NO2/c1-13(2)20-11-16(21)12-22-19-6-4-3-5-17(19)18-10-14-7-8-15(18)9-14/h3-6,13-16,18,20-21H,7-12H2,1-2H3/t14-,15+,16-,18-/m0/s1. The SMILES string of the molecule is CC(C)NC[C@H](O)COc1ccccc1[C@H]1C[C@H]2CC[C@@H]1C2. The summed E-state index contributed by atoms with van der Waals surface area (Å²) < 4.78 is 5.96. The summed E-state index contributed by atoms with van der Waals surface area (Å²) in [4.78, 5) is 0. The van der Waals surface area contributed by atoms with E-state index in [0.29, 0.717) is 25.1 Å². The molecule has 3 rings (SSSR count). The molecule has 0 spiro atoms. The first-order chi connectivity index (χ1) is 10.6. The summed E-state index contributed by atoms with van der Waals surface area (Å²) in [5.74, 6) is 3.43. The van der Waals surface area contributed by atoms with Gasteiger partial charge in [-0.15, -0.1) is 0 Å². The van der Waals surface area contributed by atoms with Gasteiger partial charge in [0, 0.05) is 12.6 Å². The Kier molecular flexibility index (Phi) is 5.04. The number of benzene rings is 1. The second kappa shape index (κ2) is 7.01. The van der Waals surface area contributed by atoms with Gasteiger partial charge in [0.25, 0.3) is 0 Å². The van der Waals surface area contributed by atoms with Crippen LogP contribution >= 0.6 is 0 Å². The van der Waals surface area contributed by atoms with Crippen molar-refractivity contribution in [3.63, 3.8) is 0 Å². The first-order valence-corrected chi connectivity index (χ1v) is 8.76. The Labute approximate surface area is 134 Å². The number of fused-ring (bicyclic) bond motifs is 2. The molecule has 1 aromatic carbocycles. The van der Waals surface area contributed by atoms with Crippen molar-refractivity contribution in [1.29, 1.82) is 0 Å². The molecule has 0 heterocycles. The Balaban J connectivity index is 1.60. The lowest BCUT2D eigenvalue weighted by molar-refractivity contribution is 0.103. The normalized spacial score (nSPS) is 28.3. The van der Waals surface area contributed by atoms with Gasteiger partial charge in [0.15, 0.2) is 0 Å². The van der Waals surface area contributed by atoms with Crippen molar-refractivity contribution in [2.24, 2.45) is 11.8 Å². The molecule has 0 unspecified atom stereocenters. The molecule has 1 aromatic rings. The Morgan fingerprint density at radius 1 is 1.23 bits per heavy atom. The van der Waals surface area contributed by atoms with Crippen LogP contribution in [0.2, 0.25) is 0 Å². The highest BCUT2D eigenvalue weighted by Crippen LogP contribution is 2.54. The van der Waals surface area contributed by atoms with E-state index in [0.717, 1.165) is 17.6 Å². The topological polar surface area (TPSA) is 41.5 Å². The van der Waals surface area contributed by atoms with Crippen LogP contribution in [0.15, 0.2) is 24.3 Å². The van der Waals surface area contributed by atoms with Gasteiger partial charge < -0.3 is 15.2 Å². The van der Waals surface area contributed by atoms with Crippen molar-refractivity contribution in [1.82, 2.24) is 5.32 Å². The van der Waals surface area contributed by atoms with Gasteiger partial charge in [-0.25, -0.2) is 0 Å². The fourth-order valence-electron chi connectivity index (χ4n) is 4.16. The maximum atomic E-state index is 10.0. The summed E-state index contributed by atoms with van der Waals surface area (Å²) in [5.41, 5.74) is 1.36. The minimum atomic E-state index is -0.463. The molecule has 0 saturated heterocycles. The van der Waals surface area contributed by atoms with Crippen LogP contribution in [0.4, 0.5) is 0 Å². The predicted molar refractivity (Wildman–Crippen MR) is 89.3 cm³/mol. The molecule has 2 N–H and O–H groups in total. The second-order valence-corrected chi connectivity index (χ2v) is 7.35. The highest BCUT2D eigenvalue weighted by molar-refractivity contribution is 5.38. The van der Waals surface area contributed by atoms with Crippen LogP contribution in [0.25, 0.3) is 0 Å². The van der Waals surface area contributed by atoms with Crippen molar-refractivity contribution in [3.8, 4) is 5.75 Å². The van der Waals surface area contributed by atoms with E-state index in [1.807, 2.05) is 6.07 Å². The third-order valence-electron chi connectivity index (χ3n) is 5.25. The molecule has 0 amide bonds. The smallest absolute Gasteiger partial charge is 0.122 e. The fourth-order valence-corrected chi connectivity index (χ4v) is 4.16. The van der Waals surface area contributed by atoms with E-state index in [2.05, 4.69) is 37.4 Å². The van der Waals surface area contributed by atoms with Gasteiger partial charge in [-0.3, -0.25) is 0 Å². The van der Waals surface area contributed by atoms with Crippen molar-refractivity contribution in [2.75, 3.05) is 13.2 Å². The quantitative estimate of drug-likeness (QED) is 0.812. The first-order valence-electron chi connectivity index (χ1n) is 8.76. The van der Waals surface area contributed by atoms with Crippen LogP contribution in [-0.4, -0.2) is 30.4 Å². The number of hydrogen-bond donors (Lipinski definition) is 2. The van der Waals surface area contributed by atoms with Crippen molar-refractivity contribution in [3.05, 3.63) is 29.8 Å². The molecule has 2 fully saturated rings. The van der Waals surface area contributed by atoms with Crippen LogP contribution in [0, 0.1) is 11.8 Å². The Morgan fingerprint density at radius 2 is 2.05 bits per heavy atom. The molecule has 0 aliphatic heterocycles. The lowest BCUT2D eigenvalue weighted by atomic mass is 9.83. The van der Waals surface area contributed by atoms with Gasteiger partial charge in [-0.05, 0) is 48.6 Å². The molecule has 0 radical (unpaired) electrons. The number of nitrogens with one attached hydrogen (secondary N) is 1. The highest BCUT2D eigenvalue weighted by atomic mass is 16.5. The minimum absolute atomic E-state index is 0.359. The summed E-state index contributed by atoms with van der Waals surface area (Å²) in [6, 6.07) is 8.81. The zero-order chi connectivity index (χ0) is 15.5. The number of rotatable bonds is 7. The molecule has 122 valence electrons. The number of ether oxygens (including phenoxy) is 1. The zero-order valence-corrected chi connectivity index (χ0v) is 13.8. The monoisotopic (exact) mass is 303 g/mol. The van der Waals surface area contributed by atoms with Gasteiger partial charge in [0.1, 0.15) is 18.5 Å². The van der Waals surface area contributed by atoms with E-state index in [4.69, 9.17) is 4.74 Å². The largest absolute Gasteiger partial charge is 0.491 e. The van der Waals surface area contributed by atoms with Crippen molar-refractivity contribution in [2.45, 2.75) is 57.6 Å². The lowest BCUT2D eigenvalue weighted by Gasteiger charge is -2.25. The Hall–Kier alpha value is -1.06. The van der Waals surface area contributed by atoms with Crippen LogP contribution in [0.5, 0.6) is 5.75 Å². The van der Waals surface area contributed by atoms with Gasteiger partial charge in [0.05, 0.1) is 0 Å². The summed E-state index contributed by atoms with van der Waals surface area (Å²) >= 11 is 0.